The number of benzene rings is 1. The van der Waals surface area contributed by atoms with Crippen LogP contribution in [-0.4, -0.2) is 28.2 Å². The number of hydrogen-bond donors (Lipinski definition) is 1. The normalized spacial score (nSPS) is 21.5. The molecule has 1 N–H and O–H groups in total. The van der Waals surface area contributed by atoms with Gasteiger partial charge in [0.2, 0.25) is 5.91 Å². The predicted octanol–water partition coefficient (Wildman–Crippen LogP) is 2.78. The molecule has 0 radical (unpaired) electrons. The van der Waals surface area contributed by atoms with E-state index in [2.05, 4.69) is 17.2 Å². The molecule has 23 heavy (non-hydrogen) atoms. The molecule has 2 aromatic rings. The highest BCUT2D eigenvalue weighted by Crippen LogP contribution is 2.26. The van der Waals surface area contributed by atoms with Crippen molar-refractivity contribution in [3.63, 3.8) is 0 Å². The maximum Gasteiger partial charge on any atom is 0.246 e. The fraction of sp³-hybridized carbons (Fsp3) is 0.556. The number of aromatic nitrogens is 2. The first kappa shape index (κ1) is 16.0. The number of carbonyl (C=O) groups is 1. The number of rotatable bonds is 5. The standard InChI is InChI=1S/C18H25N3O2/c1-13-7-3-6-10-16(13)23-12-18(22)19-11-17-20-14-8-4-5-9-15(14)21(17)2/h4-5,8-9,13,16H,3,6-7,10-12H2,1-2H3,(H,19,22)/t13-,16-/m1/s1. The van der Waals surface area contributed by atoms with Crippen LogP contribution in [-0.2, 0) is 23.1 Å². The zero-order valence-electron chi connectivity index (χ0n) is 13.9. The maximum atomic E-state index is 12.0. The minimum Gasteiger partial charge on any atom is -0.368 e. The molecule has 5 heteroatoms. The van der Waals surface area contributed by atoms with Crippen LogP contribution >= 0.6 is 0 Å². The Hall–Kier alpha value is -1.88. The van der Waals surface area contributed by atoms with Crippen LogP contribution in [0.15, 0.2) is 24.3 Å². The lowest BCUT2D eigenvalue weighted by atomic mass is 9.88. The van der Waals surface area contributed by atoms with Crippen molar-refractivity contribution in [2.24, 2.45) is 13.0 Å². The van der Waals surface area contributed by atoms with Crippen LogP contribution in [0.4, 0.5) is 0 Å². The Balaban J connectivity index is 1.51. The number of carbonyl (C=O) groups excluding carboxylic acids is 1. The lowest BCUT2D eigenvalue weighted by Gasteiger charge is -2.28. The van der Waals surface area contributed by atoms with Gasteiger partial charge >= 0.3 is 0 Å². The van der Waals surface area contributed by atoms with Crippen molar-refractivity contribution in [3.05, 3.63) is 30.1 Å². The quantitative estimate of drug-likeness (QED) is 0.923. The van der Waals surface area contributed by atoms with Crippen molar-refractivity contribution >= 4 is 16.9 Å². The van der Waals surface area contributed by atoms with Crippen LogP contribution in [0.5, 0.6) is 0 Å². The van der Waals surface area contributed by atoms with Gasteiger partial charge in [-0.2, -0.15) is 0 Å². The molecule has 1 aliphatic rings. The van der Waals surface area contributed by atoms with Gasteiger partial charge in [0.1, 0.15) is 12.4 Å². The Labute approximate surface area is 137 Å². The van der Waals surface area contributed by atoms with E-state index in [0.29, 0.717) is 12.5 Å². The minimum atomic E-state index is -0.0742. The lowest BCUT2D eigenvalue weighted by molar-refractivity contribution is -0.129. The zero-order valence-corrected chi connectivity index (χ0v) is 13.9. The molecule has 5 nitrogen and oxygen atoms in total. The number of aryl methyl sites for hydroxylation is 1. The van der Waals surface area contributed by atoms with Gasteiger partial charge in [0.05, 0.1) is 23.7 Å². The van der Waals surface area contributed by atoms with Gasteiger partial charge < -0.3 is 14.6 Å². The number of para-hydroxylation sites is 2. The monoisotopic (exact) mass is 315 g/mol. The van der Waals surface area contributed by atoms with Gasteiger partial charge in [-0.1, -0.05) is 31.9 Å². The summed E-state index contributed by atoms with van der Waals surface area (Å²) < 4.78 is 7.81. The van der Waals surface area contributed by atoms with Gasteiger partial charge in [0.15, 0.2) is 0 Å². The Morgan fingerprint density at radius 3 is 2.91 bits per heavy atom. The Morgan fingerprint density at radius 1 is 1.35 bits per heavy atom. The first-order chi connectivity index (χ1) is 11.1. The van der Waals surface area contributed by atoms with Gasteiger partial charge in [-0.05, 0) is 30.9 Å². The highest BCUT2D eigenvalue weighted by molar-refractivity contribution is 5.78. The number of ether oxygens (including phenoxy) is 1. The molecule has 1 aromatic heterocycles. The Kier molecular flexibility index (Phi) is 4.96. The van der Waals surface area contributed by atoms with E-state index in [1.807, 2.05) is 35.9 Å². The highest BCUT2D eigenvalue weighted by atomic mass is 16.5. The molecule has 1 saturated carbocycles. The van der Waals surface area contributed by atoms with Crippen LogP contribution < -0.4 is 5.32 Å². The SMILES string of the molecule is C[C@@H]1CCCC[C@H]1OCC(=O)NCc1nc2ccccc2n1C. The average molecular weight is 315 g/mol. The van der Waals surface area contributed by atoms with Crippen LogP contribution in [0.3, 0.4) is 0 Å². The molecule has 1 amide bonds. The highest BCUT2D eigenvalue weighted by Gasteiger charge is 2.22. The summed E-state index contributed by atoms with van der Waals surface area (Å²) in [5, 5.41) is 2.91. The molecular weight excluding hydrogens is 290 g/mol. The van der Waals surface area contributed by atoms with Crippen molar-refractivity contribution in [1.29, 1.82) is 0 Å². The zero-order chi connectivity index (χ0) is 16.2. The Bertz CT molecular complexity index is 680. The van der Waals surface area contributed by atoms with E-state index in [1.165, 1.54) is 19.3 Å². The second kappa shape index (κ2) is 7.13. The smallest absolute Gasteiger partial charge is 0.246 e. The van der Waals surface area contributed by atoms with Crippen LogP contribution in [0, 0.1) is 5.92 Å². The fourth-order valence-corrected chi connectivity index (χ4v) is 3.29. The van der Waals surface area contributed by atoms with Gasteiger partial charge in [-0.25, -0.2) is 4.98 Å². The van der Waals surface area contributed by atoms with Crippen molar-refractivity contribution in [2.75, 3.05) is 6.61 Å². The number of amides is 1. The molecule has 0 aliphatic heterocycles. The van der Waals surface area contributed by atoms with Crippen molar-refractivity contribution in [1.82, 2.24) is 14.9 Å². The minimum absolute atomic E-state index is 0.0742. The van der Waals surface area contributed by atoms with Crippen LogP contribution in [0.2, 0.25) is 0 Å². The lowest BCUT2D eigenvalue weighted by Crippen LogP contribution is -2.33. The summed E-state index contributed by atoms with van der Waals surface area (Å²) in [6.07, 6.45) is 4.98. The first-order valence-corrected chi connectivity index (χ1v) is 8.44. The number of nitrogens with one attached hydrogen (secondary N) is 1. The third-order valence-electron chi connectivity index (χ3n) is 4.78. The summed E-state index contributed by atoms with van der Waals surface area (Å²) in [6.45, 7) is 2.77. The molecule has 1 aliphatic carbocycles. The summed E-state index contributed by atoms with van der Waals surface area (Å²) in [5.74, 6) is 1.33. The molecule has 0 saturated heterocycles. The summed E-state index contributed by atoms with van der Waals surface area (Å²) in [6, 6.07) is 7.97. The molecule has 0 unspecified atom stereocenters. The molecule has 124 valence electrons. The molecule has 2 atom stereocenters. The summed E-state index contributed by atoms with van der Waals surface area (Å²) in [4.78, 5) is 16.6. The summed E-state index contributed by atoms with van der Waals surface area (Å²) >= 11 is 0. The number of imidazole rings is 1. The van der Waals surface area contributed by atoms with Crippen molar-refractivity contribution in [3.8, 4) is 0 Å². The second-order valence-electron chi connectivity index (χ2n) is 6.46. The van der Waals surface area contributed by atoms with E-state index in [9.17, 15) is 4.79 Å². The van der Waals surface area contributed by atoms with Crippen LogP contribution in [0.1, 0.15) is 38.4 Å². The maximum absolute atomic E-state index is 12.0. The topological polar surface area (TPSA) is 56.1 Å². The molecule has 0 spiro atoms. The molecule has 0 bridgehead atoms. The van der Waals surface area contributed by atoms with Crippen molar-refractivity contribution < 1.29 is 9.53 Å². The van der Waals surface area contributed by atoms with E-state index < -0.39 is 0 Å². The van der Waals surface area contributed by atoms with Gasteiger partial charge in [0, 0.05) is 7.05 Å². The summed E-state index contributed by atoms with van der Waals surface area (Å²) in [7, 11) is 1.97. The van der Waals surface area contributed by atoms with E-state index in [0.717, 1.165) is 23.3 Å². The van der Waals surface area contributed by atoms with Crippen LogP contribution in [0.25, 0.3) is 11.0 Å². The van der Waals surface area contributed by atoms with Gasteiger partial charge in [-0.3, -0.25) is 4.79 Å². The molecule has 1 fully saturated rings. The van der Waals surface area contributed by atoms with Gasteiger partial charge in [0.25, 0.3) is 0 Å². The summed E-state index contributed by atoms with van der Waals surface area (Å²) in [5.41, 5.74) is 2.02. The number of nitrogens with zero attached hydrogens (tertiary/aromatic N) is 2. The fourth-order valence-electron chi connectivity index (χ4n) is 3.29. The number of hydrogen-bond acceptors (Lipinski definition) is 3. The van der Waals surface area contributed by atoms with E-state index in [4.69, 9.17) is 4.74 Å². The van der Waals surface area contributed by atoms with Gasteiger partial charge in [-0.15, -0.1) is 0 Å². The Morgan fingerprint density at radius 2 is 2.13 bits per heavy atom. The largest absolute Gasteiger partial charge is 0.368 e. The molecule has 1 aromatic carbocycles. The van der Waals surface area contributed by atoms with E-state index >= 15 is 0 Å². The predicted molar refractivity (Wildman–Crippen MR) is 89.9 cm³/mol. The second-order valence-corrected chi connectivity index (χ2v) is 6.46. The van der Waals surface area contributed by atoms with E-state index in [1.54, 1.807) is 0 Å². The first-order valence-electron chi connectivity index (χ1n) is 8.44. The third kappa shape index (κ3) is 3.72. The molecule has 1 heterocycles. The third-order valence-corrected chi connectivity index (χ3v) is 4.78. The average Bonchev–Trinajstić information content (AvgIpc) is 2.89. The number of fused-ring (bicyclic) bond motifs is 1. The van der Waals surface area contributed by atoms with Crippen molar-refractivity contribution in [2.45, 2.75) is 45.3 Å². The van der Waals surface area contributed by atoms with E-state index in [-0.39, 0.29) is 18.6 Å². The molecular formula is C18H25N3O2. The molecule has 3 rings (SSSR count).